The van der Waals surface area contributed by atoms with Crippen molar-refractivity contribution in [2.75, 3.05) is 13.1 Å². The summed E-state index contributed by atoms with van der Waals surface area (Å²) in [6.45, 7) is 18.3. The van der Waals surface area contributed by atoms with Crippen LogP contribution in [0, 0.1) is 0 Å². The topological polar surface area (TPSA) is 6.48 Å². The molecule has 0 rings (SSSR count). The van der Waals surface area contributed by atoms with Gasteiger partial charge in [0.05, 0.1) is 0 Å². The zero-order valence-electron chi connectivity index (χ0n) is 11.3. The second-order valence-electron chi connectivity index (χ2n) is 5.20. The normalized spacial score (nSPS) is 15.4. The Morgan fingerprint density at radius 2 is 1.53 bits per heavy atom. The molecule has 0 aromatic heterocycles. The van der Waals surface area contributed by atoms with E-state index in [-0.39, 0.29) is 0 Å². The van der Waals surface area contributed by atoms with Gasteiger partial charge in [-0.25, -0.2) is 0 Å². The maximum Gasteiger partial charge on any atom is 0.285 e. The van der Waals surface area contributed by atoms with E-state index in [2.05, 4.69) is 56.1 Å². The molecule has 92 valence electrons. The van der Waals surface area contributed by atoms with Crippen LogP contribution in [0.4, 0.5) is 0 Å². The first-order valence-electron chi connectivity index (χ1n) is 5.92. The van der Waals surface area contributed by atoms with Crippen molar-refractivity contribution in [3.63, 3.8) is 0 Å². The Bertz CT molecular complexity index is 179. The highest BCUT2D eigenvalue weighted by atomic mass is 35.6. The van der Waals surface area contributed by atoms with Gasteiger partial charge in [-0.3, -0.25) is 0 Å². The van der Waals surface area contributed by atoms with Gasteiger partial charge >= 0.3 is 0 Å². The van der Waals surface area contributed by atoms with Crippen LogP contribution in [0.25, 0.3) is 0 Å². The standard InChI is InChI=1S/C10H27ClN2Si2/c1-8-12(9-2)14(11)13(10(3)4)15(5,6)7/h10,14H,8-9H2,1-7H3. The number of hydrogen-bond acceptors (Lipinski definition) is 2. The van der Waals surface area contributed by atoms with Crippen LogP contribution in [0.3, 0.4) is 0 Å². The third-order valence-electron chi connectivity index (χ3n) is 2.67. The maximum absolute atomic E-state index is 6.72. The van der Waals surface area contributed by atoms with Crippen LogP contribution in [-0.4, -0.2) is 44.6 Å². The Morgan fingerprint density at radius 1 is 1.13 bits per heavy atom. The molecule has 0 heterocycles. The van der Waals surface area contributed by atoms with Crippen molar-refractivity contribution in [3.05, 3.63) is 0 Å². The first kappa shape index (κ1) is 15.6. The summed E-state index contributed by atoms with van der Waals surface area (Å²) >= 11 is 6.72. The highest BCUT2D eigenvalue weighted by Gasteiger charge is 2.35. The first-order chi connectivity index (χ1) is 6.75. The van der Waals surface area contributed by atoms with E-state index < -0.39 is 16.7 Å². The van der Waals surface area contributed by atoms with Crippen molar-refractivity contribution >= 4 is 27.7 Å². The fraction of sp³-hybridized carbons (Fsp3) is 1.00. The minimum Gasteiger partial charge on any atom is -0.322 e. The first-order valence-corrected chi connectivity index (χ1v) is 12.1. The number of nitrogens with zero attached hydrogens (tertiary/aromatic N) is 2. The molecule has 0 saturated carbocycles. The molecule has 2 nitrogen and oxygen atoms in total. The molecule has 15 heavy (non-hydrogen) atoms. The monoisotopic (exact) mass is 266 g/mol. The third-order valence-corrected chi connectivity index (χ3v) is 12.1. The van der Waals surface area contributed by atoms with E-state index in [1.165, 1.54) is 0 Å². The molecular formula is C10H27ClN2Si2. The van der Waals surface area contributed by atoms with Gasteiger partial charge in [0.1, 0.15) is 8.24 Å². The highest BCUT2D eigenvalue weighted by molar-refractivity contribution is 7.08. The van der Waals surface area contributed by atoms with E-state index in [9.17, 15) is 0 Å². The Kier molecular flexibility index (Phi) is 6.67. The van der Waals surface area contributed by atoms with Crippen molar-refractivity contribution in [1.29, 1.82) is 0 Å². The second-order valence-corrected chi connectivity index (χ2v) is 13.7. The molecule has 0 spiro atoms. The van der Waals surface area contributed by atoms with Gasteiger partial charge in [-0.1, -0.05) is 47.3 Å². The lowest BCUT2D eigenvalue weighted by atomic mass is 10.4. The van der Waals surface area contributed by atoms with Crippen molar-refractivity contribution in [2.24, 2.45) is 0 Å². The smallest absolute Gasteiger partial charge is 0.285 e. The predicted molar refractivity (Wildman–Crippen MR) is 76.2 cm³/mol. The molecule has 1 unspecified atom stereocenters. The third kappa shape index (κ3) is 4.57. The number of hydrogen-bond donors (Lipinski definition) is 0. The van der Waals surface area contributed by atoms with Gasteiger partial charge in [0, 0.05) is 0 Å². The van der Waals surface area contributed by atoms with Gasteiger partial charge in [-0.15, -0.1) is 11.1 Å². The molecule has 0 aliphatic carbocycles. The quantitative estimate of drug-likeness (QED) is 0.539. The van der Waals surface area contributed by atoms with Gasteiger partial charge in [0.2, 0.25) is 0 Å². The zero-order valence-corrected chi connectivity index (χ0v) is 14.3. The van der Waals surface area contributed by atoms with Gasteiger partial charge in [0.25, 0.3) is 8.43 Å². The van der Waals surface area contributed by atoms with Gasteiger partial charge in [-0.05, 0) is 19.1 Å². The predicted octanol–water partition coefficient (Wildman–Crippen LogP) is 2.83. The van der Waals surface area contributed by atoms with Crippen LogP contribution in [0.15, 0.2) is 0 Å². The molecule has 0 aliphatic heterocycles. The van der Waals surface area contributed by atoms with Crippen LogP contribution in [0.2, 0.25) is 19.6 Å². The zero-order chi connectivity index (χ0) is 12.2. The second kappa shape index (κ2) is 6.40. The summed E-state index contributed by atoms with van der Waals surface area (Å²) in [5.41, 5.74) is 0. The Labute approximate surface area is 103 Å². The summed E-state index contributed by atoms with van der Waals surface area (Å²) in [5, 5.41) is 0. The fourth-order valence-corrected chi connectivity index (χ4v) is 12.2. The van der Waals surface area contributed by atoms with Crippen molar-refractivity contribution in [1.82, 2.24) is 8.80 Å². The summed E-state index contributed by atoms with van der Waals surface area (Å²) in [7, 11) is -2.70. The molecule has 0 N–H and O–H groups in total. The SMILES string of the molecule is CCN(CC)[SiH](Cl)N(C(C)C)[Si](C)(C)C. The van der Waals surface area contributed by atoms with E-state index in [1.54, 1.807) is 0 Å². The molecular weight excluding hydrogens is 240 g/mol. The van der Waals surface area contributed by atoms with Crippen LogP contribution < -0.4 is 0 Å². The van der Waals surface area contributed by atoms with E-state index in [1.807, 2.05) is 0 Å². The number of rotatable bonds is 6. The van der Waals surface area contributed by atoms with Crippen molar-refractivity contribution in [2.45, 2.75) is 53.4 Å². The Balaban J connectivity index is 4.77. The average Bonchev–Trinajstić information content (AvgIpc) is 2.02. The fourth-order valence-electron chi connectivity index (χ4n) is 2.04. The lowest BCUT2D eigenvalue weighted by molar-refractivity contribution is 0.417. The average molecular weight is 267 g/mol. The number of halogens is 1. The van der Waals surface area contributed by atoms with Gasteiger partial charge in [0.15, 0.2) is 0 Å². The minimum absolute atomic E-state index is 0.575. The molecule has 0 bridgehead atoms. The Morgan fingerprint density at radius 3 is 1.73 bits per heavy atom. The summed E-state index contributed by atoms with van der Waals surface area (Å²) in [6.07, 6.45) is 0. The maximum atomic E-state index is 6.72. The summed E-state index contributed by atoms with van der Waals surface area (Å²) < 4.78 is 5.07. The molecule has 0 saturated heterocycles. The molecule has 0 radical (unpaired) electrons. The molecule has 0 aromatic carbocycles. The summed E-state index contributed by atoms with van der Waals surface area (Å²) in [4.78, 5) is 0. The van der Waals surface area contributed by atoms with Gasteiger partial charge < -0.3 is 8.80 Å². The lowest BCUT2D eigenvalue weighted by Gasteiger charge is -2.43. The largest absolute Gasteiger partial charge is 0.322 e. The van der Waals surface area contributed by atoms with Crippen LogP contribution in [0.1, 0.15) is 27.7 Å². The van der Waals surface area contributed by atoms with E-state index in [0.29, 0.717) is 6.04 Å². The van der Waals surface area contributed by atoms with E-state index in [4.69, 9.17) is 11.1 Å². The highest BCUT2D eigenvalue weighted by Crippen LogP contribution is 2.19. The minimum atomic E-state index is -1.41. The summed E-state index contributed by atoms with van der Waals surface area (Å²) in [5.74, 6) is 0. The van der Waals surface area contributed by atoms with Crippen LogP contribution in [0.5, 0.6) is 0 Å². The molecule has 0 fully saturated rings. The molecule has 0 amide bonds. The molecule has 1 atom stereocenters. The molecule has 0 aliphatic rings. The van der Waals surface area contributed by atoms with Crippen LogP contribution in [-0.2, 0) is 0 Å². The molecule has 0 aromatic rings. The van der Waals surface area contributed by atoms with Crippen molar-refractivity contribution in [3.8, 4) is 0 Å². The van der Waals surface area contributed by atoms with E-state index >= 15 is 0 Å². The van der Waals surface area contributed by atoms with Crippen molar-refractivity contribution < 1.29 is 0 Å². The Hall–Kier alpha value is 0.644. The van der Waals surface area contributed by atoms with Crippen LogP contribution >= 0.6 is 11.1 Å². The summed E-state index contributed by atoms with van der Waals surface area (Å²) in [6, 6.07) is 0.575. The van der Waals surface area contributed by atoms with Gasteiger partial charge in [-0.2, -0.15) is 0 Å². The lowest BCUT2D eigenvalue weighted by Crippen LogP contribution is -2.61. The van der Waals surface area contributed by atoms with E-state index in [0.717, 1.165) is 13.1 Å². The molecule has 5 heteroatoms.